The van der Waals surface area contributed by atoms with Crippen molar-refractivity contribution in [1.82, 2.24) is 0 Å². The maximum Gasteiger partial charge on any atom is 0.341 e. The molecule has 7 heteroatoms. The van der Waals surface area contributed by atoms with Gasteiger partial charge >= 0.3 is 23.9 Å². The van der Waals surface area contributed by atoms with E-state index >= 15 is 0 Å². The highest BCUT2D eigenvalue weighted by Gasteiger charge is 2.18. The number of hydrogen-bond donors (Lipinski definition) is 2. The van der Waals surface area contributed by atoms with Gasteiger partial charge in [-0.15, -0.1) is 0 Å². The average Bonchev–Trinajstić information content (AvgIpc) is 2.38. The summed E-state index contributed by atoms with van der Waals surface area (Å²) in [7, 11) is 0. The van der Waals surface area contributed by atoms with Crippen LogP contribution >= 0.6 is 0 Å². The van der Waals surface area contributed by atoms with E-state index in [9.17, 15) is 19.2 Å². The lowest BCUT2D eigenvalue weighted by Gasteiger charge is -2.05. The fraction of sp³-hybridized carbons (Fsp3) is 0.571. The lowest BCUT2D eigenvalue weighted by atomic mass is 10.1. The van der Waals surface area contributed by atoms with Gasteiger partial charge in [-0.3, -0.25) is 14.4 Å². The molecule has 118 valence electrons. The molecule has 0 bridgehead atoms. The summed E-state index contributed by atoms with van der Waals surface area (Å²) >= 11 is 0. The molecule has 2 N–H and O–H groups in total. The first-order valence-corrected chi connectivity index (χ1v) is 6.74. The third-order valence-corrected chi connectivity index (χ3v) is 2.51. The Morgan fingerprint density at radius 2 is 1.62 bits per heavy atom. The summed E-state index contributed by atoms with van der Waals surface area (Å²) in [6, 6.07) is 0. The lowest BCUT2D eigenvalue weighted by molar-refractivity contribution is -0.158. The minimum absolute atomic E-state index is 0.0526. The van der Waals surface area contributed by atoms with E-state index in [0.29, 0.717) is 19.3 Å². The van der Waals surface area contributed by atoms with Crippen LogP contribution in [0.15, 0.2) is 11.6 Å². The SMILES string of the molecule is CCCC=C(CC(=O)O)C(=O)OC(=O)CCCCC(=O)O. The Morgan fingerprint density at radius 1 is 1.00 bits per heavy atom. The fourth-order valence-electron chi connectivity index (χ4n) is 1.47. The van der Waals surface area contributed by atoms with E-state index < -0.39 is 30.3 Å². The summed E-state index contributed by atoms with van der Waals surface area (Å²) in [5.74, 6) is -3.86. The molecule has 0 radical (unpaired) electrons. The van der Waals surface area contributed by atoms with Gasteiger partial charge in [0.05, 0.1) is 6.42 Å². The van der Waals surface area contributed by atoms with E-state index in [4.69, 9.17) is 10.2 Å². The summed E-state index contributed by atoms with van der Waals surface area (Å²) in [5.41, 5.74) is -0.0526. The Kier molecular flexibility index (Phi) is 9.49. The van der Waals surface area contributed by atoms with E-state index in [1.165, 1.54) is 6.08 Å². The molecule has 7 nitrogen and oxygen atoms in total. The van der Waals surface area contributed by atoms with Crippen LogP contribution in [0.5, 0.6) is 0 Å². The maximum absolute atomic E-state index is 11.7. The third-order valence-electron chi connectivity index (χ3n) is 2.51. The highest BCUT2D eigenvalue weighted by atomic mass is 16.6. The van der Waals surface area contributed by atoms with Gasteiger partial charge in [-0.05, 0) is 19.3 Å². The first-order valence-electron chi connectivity index (χ1n) is 6.74. The summed E-state index contributed by atoms with van der Waals surface area (Å²) in [6.45, 7) is 1.87. The Labute approximate surface area is 122 Å². The van der Waals surface area contributed by atoms with Crippen molar-refractivity contribution >= 4 is 23.9 Å². The van der Waals surface area contributed by atoms with Crippen LogP contribution in [0.1, 0.15) is 51.9 Å². The number of unbranched alkanes of at least 4 members (excludes halogenated alkanes) is 2. The smallest absolute Gasteiger partial charge is 0.341 e. The molecule has 0 aliphatic heterocycles. The van der Waals surface area contributed by atoms with Crippen molar-refractivity contribution in [3.05, 3.63) is 11.6 Å². The molecular formula is C14H20O7. The predicted octanol–water partition coefficient (Wildman–Crippen LogP) is 1.90. The molecule has 0 amide bonds. The summed E-state index contributed by atoms with van der Waals surface area (Å²) in [4.78, 5) is 44.0. The average molecular weight is 300 g/mol. The molecule has 0 saturated carbocycles. The number of rotatable bonds is 10. The Bertz CT molecular complexity index is 423. The van der Waals surface area contributed by atoms with Gasteiger partial charge in [0.15, 0.2) is 0 Å². The predicted molar refractivity (Wildman–Crippen MR) is 72.4 cm³/mol. The number of ether oxygens (including phenoxy) is 1. The third kappa shape index (κ3) is 10.3. The number of carbonyl (C=O) groups is 4. The molecular weight excluding hydrogens is 280 g/mol. The highest BCUT2D eigenvalue weighted by Crippen LogP contribution is 2.09. The minimum atomic E-state index is -1.18. The van der Waals surface area contributed by atoms with Gasteiger partial charge in [0.1, 0.15) is 0 Å². The largest absolute Gasteiger partial charge is 0.481 e. The number of esters is 2. The zero-order chi connectivity index (χ0) is 16.3. The summed E-state index contributed by atoms with van der Waals surface area (Å²) in [5, 5.41) is 17.1. The van der Waals surface area contributed by atoms with Crippen LogP contribution in [0.3, 0.4) is 0 Å². The van der Waals surface area contributed by atoms with E-state index in [-0.39, 0.29) is 18.4 Å². The standard InChI is InChI=1S/C14H20O7/c1-2-3-6-10(9-12(17)18)14(20)21-13(19)8-5-4-7-11(15)16/h6H,2-5,7-9H2,1H3,(H,15,16)(H,17,18). The Hall–Kier alpha value is -2.18. The molecule has 0 aliphatic carbocycles. The summed E-state index contributed by atoms with van der Waals surface area (Å²) in [6.07, 6.45) is 2.69. The molecule has 0 aliphatic rings. The van der Waals surface area contributed by atoms with Gasteiger partial charge in [-0.1, -0.05) is 19.4 Å². The van der Waals surface area contributed by atoms with Crippen LogP contribution in [0.2, 0.25) is 0 Å². The minimum Gasteiger partial charge on any atom is -0.481 e. The molecule has 0 heterocycles. The zero-order valence-corrected chi connectivity index (χ0v) is 12.0. The molecule has 0 rings (SSSR count). The van der Waals surface area contributed by atoms with E-state index in [2.05, 4.69) is 4.74 Å². The van der Waals surface area contributed by atoms with Crippen LogP contribution in [0, 0.1) is 0 Å². The van der Waals surface area contributed by atoms with Gasteiger partial charge in [-0.25, -0.2) is 4.79 Å². The normalized spacial score (nSPS) is 11.0. The van der Waals surface area contributed by atoms with Crippen LogP contribution in [0.25, 0.3) is 0 Å². The number of carboxylic acid groups (broad SMARTS) is 2. The van der Waals surface area contributed by atoms with Gasteiger partial charge in [-0.2, -0.15) is 0 Å². The number of carbonyl (C=O) groups excluding carboxylic acids is 2. The second kappa shape index (κ2) is 10.6. The van der Waals surface area contributed by atoms with Crippen molar-refractivity contribution in [2.45, 2.75) is 51.9 Å². The quantitative estimate of drug-likeness (QED) is 0.274. The first kappa shape index (κ1) is 18.8. The van der Waals surface area contributed by atoms with Crippen molar-refractivity contribution in [3.63, 3.8) is 0 Å². The molecule has 0 spiro atoms. The number of carboxylic acids is 2. The molecule has 0 atom stereocenters. The maximum atomic E-state index is 11.7. The molecule has 0 aromatic carbocycles. The Balaban J connectivity index is 4.30. The number of aliphatic carboxylic acids is 2. The molecule has 0 saturated heterocycles. The van der Waals surface area contributed by atoms with Gasteiger partial charge < -0.3 is 14.9 Å². The van der Waals surface area contributed by atoms with Crippen molar-refractivity contribution in [2.24, 2.45) is 0 Å². The van der Waals surface area contributed by atoms with Crippen LogP contribution < -0.4 is 0 Å². The first-order chi connectivity index (χ1) is 9.86. The molecule has 0 aromatic rings. The topological polar surface area (TPSA) is 118 Å². The van der Waals surface area contributed by atoms with Crippen LogP contribution in [-0.4, -0.2) is 34.1 Å². The monoisotopic (exact) mass is 300 g/mol. The van der Waals surface area contributed by atoms with E-state index in [1.54, 1.807) is 0 Å². The molecule has 21 heavy (non-hydrogen) atoms. The molecule has 0 unspecified atom stereocenters. The molecule has 0 fully saturated rings. The van der Waals surface area contributed by atoms with Gasteiger partial charge in [0.2, 0.25) is 0 Å². The molecule has 0 aromatic heterocycles. The van der Waals surface area contributed by atoms with Crippen LogP contribution in [0.4, 0.5) is 0 Å². The van der Waals surface area contributed by atoms with Crippen molar-refractivity contribution in [1.29, 1.82) is 0 Å². The zero-order valence-electron chi connectivity index (χ0n) is 12.0. The highest BCUT2D eigenvalue weighted by molar-refractivity contribution is 5.99. The fourth-order valence-corrected chi connectivity index (χ4v) is 1.47. The second-order valence-electron chi connectivity index (χ2n) is 4.45. The summed E-state index contributed by atoms with van der Waals surface area (Å²) < 4.78 is 4.56. The van der Waals surface area contributed by atoms with Crippen molar-refractivity contribution in [3.8, 4) is 0 Å². The van der Waals surface area contributed by atoms with Crippen molar-refractivity contribution in [2.75, 3.05) is 0 Å². The van der Waals surface area contributed by atoms with Gasteiger partial charge in [0, 0.05) is 18.4 Å². The number of hydrogen-bond acceptors (Lipinski definition) is 5. The second-order valence-corrected chi connectivity index (χ2v) is 4.45. The van der Waals surface area contributed by atoms with Crippen LogP contribution in [-0.2, 0) is 23.9 Å². The van der Waals surface area contributed by atoms with Crippen molar-refractivity contribution < 1.29 is 34.1 Å². The van der Waals surface area contributed by atoms with E-state index in [0.717, 1.165) is 6.42 Å². The van der Waals surface area contributed by atoms with E-state index in [1.807, 2.05) is 6.92 Å². The lowest BCUT2D eigenvalue weighted by Crippen LogP contribution is -2.16. The number of allylic oxidation sites excluding steroid dienone is 1. The van der Waals surface area contributed by atoms with Gasteiger partial charge in [0.25, 0.3) is 0 Å². The Morgan fingerprint density at radius 3 is 2.14 bits per heavy atom.